The highest BCUT2D eigenvalue weighted by molar-refractivity contribution is 5.31. The summed E-state index contributed by atoms with van der Waals surface area (Å²) in [6.45, 7) is 5.25. The molecule has 1 aromatic carbocycles. The van der Waals surface area contributed by atoms with Crippen molar-refractivity contribution < 1.29 is 9.13 Å². The molecule has 2 nitrogen and oxygen atoms in total. The summed E-state index contributed by atoms with van der Waals surface area (Å²) >= 11 is 0. The average molecular weight is 251 g/mol. The molecule has 100 valence electrons. The van der Waals surface area contributed by atoms with Crippen LogP contribution in [0.3, 0.4) is 0 Å². The molecule has 0 spiro atoms. The molecule has 1 N–H and O–H groups in total. The van der Waals surface area contributed by atoms with Crippen molar-refractivity contribution in [1.82, 2.24) is 5.32 Å². The Bertz CT molecular complexity index is 403. The topological polar surface area (TPSA) is 21.3 Å². The zero-order chi connectivity index (χ0) is 13.1. The van der Waals surface area contributed by atoms with Gasteiger partial charge in [0.25, 0.3) is 0 Å². The van der Waals surface area contributed by atoms with Crippen molar-refractivity contribution in [3.8, 4) is 5.75 Å². The van der Waals surface area contributed by atoms with Gasteiger partial charge < -0.3 is 10.1 Å². The fourth-order valence-electron chi connectivity index (χ4n) is 2.60. The maximum atomic E-state index is 13.8. The molecular weight excluding hydrogens is 229 g/mol. The van der Waals surface area contributed by atoms with E-state index in [1.54, 1.807) is 12.1 Å². The molecule has 2 rings (SSSR count). The number of nitrogens with one attached hydrogen (secondary N) is 1. The lowest BCUT2D eigenvalue weighted by atomic mass is 9.90. The minimum Gasteiger partial charge on any atom is -0.494 e. The largest absolute Gasteiger partial charge is 0.494 e. The van der Waals surface area contributed by atoms with Crippen LogP contribution in [0.1, 0.15) is 38.3 Å². The van der Waals surface area contributed by atoms with E-state index in [0.717, 1.165) is 18.0 Å². The van der Waals surface area contributed by atoms with Gasteiger partial charge in [0, 0.05) is 6.04 Å². The smallest absolute Gasteiger partial charge is 0.165 e. The predicted molar refractivity (Wildman–Crippen MR) is 71.3 cm³/mol. The van der Waals surface area contributed by atoms with Crippen molar-refractivity contribution in [2.45, 2.75) is 32.7 Å². The summed E-state index contributed by atoms with van der Waals surface area (Å²) in [5.41, 5.74) is 1.02. The average Bonchev–Trinajstić information content (AvgIpc) is 3.19. The molecule has 0 aromatic heterocycles. The van der Waals surface area contributed by atoms with Crippen LogP contribution in [-0.2, 0) is 0 Å². The van der Waals surface area contributed by atoms with E-state index in [2.05, 4.69) is 19.2 Å². The van der Waals surface area contributed by atoms with Crippen LogP contribution in [0.2, 0.25) is 0 Å². The maximum Gasteiger partial charge on any atom is 0.165 e. The van der Waals surface area contributed by atoms with Crippen LogP contribution in [0.4, 0.5) is 4.39 Å². The van der Waals surface area contributed by atoms with E-state index in [1.165, 1.54) is 20.0 Å². The Hall–Kier alpha value is -1.09. The standard InChI is InChI=1S/C15H22FNO/c1-4-17-15(10(2)11-5-6-11)12-7-8-14(18-3)13(16)9-12/h7-11,15,17H,4-6H2,1-3H3. The summed E-state index contributed by atoms with van der Waals surface area (Å²) in [5.74, 6) is 1.38. The molecule has 0 saturated heterocycles. The number of rotatable bonds is 6. The maximum absolute atomic E-state index is 13.8. The van der Waals surface area contributed by atoms with Gasteiger partial charge in [0.05, 0.1) is 7.11 Å². The fourth-order valence-corrected chi connectivity index (χ4v) is 2.60. The van der Waals surface area contributed by atoms with Gasteiger partial charge in [0.1, 0.15) is 0 Å². The summed E-state index contributed by atoms with van der Waals surface area (Å²) in [7, 11) is 1.49. The van der Waals surface area contributed by atoms with Gasteiger partial charge in [0.15, 0.2) is 11.6 Å². The molecule has 18 heavy (non-hydrogen) atoms. The summed E-state index contributed by atoms with van der Waals surface area (Å²) in [6.07, 6.45) is 2.61. The third kappa shape index (κ3) is 2.83. The molecule has 0 heterocycles. The Balaban J connectivity index is 2.21. The van der Waals surface area contributed by atoms with Gasteiger partial charge in [-0.15, -0.1) is 0 Å². The minimum atomic E-state index is -0.277. The van der Waals surface area contributed by atoms with E-state index in [-0.39, 0.29) is 11.9 Å². The molecule has 0 aliphatic heterocycles. The molecule has 0 radical (unpaired) electrons. The van der Waals surface area contributed by atoms with E-state index >= 15 is 0 Å². The molecule has 2 unspecified atom stereocenters. The van der Waals surface area contributed by atoms with Crippen molar-refractivity contribution in [3.63, 3.8) is 0 Å². The molecule has 1 aromatic rings. The lowest BCUT2D eigenvalue weighted by molar-refractivity contribution is 0.351. The Morgan fingerprint density at radius 1 is 1.44 bits per heavy atom. The highest BCUT2D eigenvalue weighted by Crippen LogP contribution is 2.42. The van der Waals surface area contributed by atoms with Gasteiger partial charge in [-0.05, 0) is 48.9 Å². The number of methoxy groups -OCH3 is 1. The zero-order valence-corrected chi connectivity index (χ0v) is 11.4. The Labute approximate surface area is 109 Å². The SMILES string of the molecule is CCNC(c1ccc(OC)c(F)c1)C(C)C1CC1. The van der Waals surface area contributed by atoms with Gasteiger partial charge >= 0.3 is 0 Å². The normalized spacial score (nSPS) is 18.4. The van der Waals surface area contributed by atoms with Crippen LogP contribution in [0.25, 0.3) is 0 Å². The van der Waals surface area contributed by atoms with Gasteiger partial charge in [0.2, 0.25) is 0 Å². The first kappa shape index (κ1) is 13.3. The van der Waals surface area contributed by atoms with Crippen LogP contribution in [0.5, 0.6) is 5.75 Å². The quantitative estimate of drug-likeness (QED) is 0.835. The number of hydrogen-bond donors (Lipinski definition) is 1. The monoisotopic (exact) mass is 251 g/mol. The molecule has 1 aliphatic carbocycles. The predicted octanol–water partition coefficient (Wildman–Crippen LogP) is 3.53. The zero-order valence-electron chi connectivity index (χ0n) is 11.4. The number of hydrogen-bond acceptors (Lipinski definition) is 2. The lowest BCUT2D eigenvalue weighted by Crippen LogP contribution is -2.28. The van der Waals surface area contributed by atoms with Crippen LogP contribution in [0.15, 0.2) is 18.2 Å². The van der Waals surface area contributed by atoms with Crippen molar-refractivity contribution >= 4 is 0 Å². The molecule has 2 atom stereocenters. The van der Waals surface area contributed by atoms with E-state index < -0.39 is 0 Å². The van der Waals surface area contributed by atoms with Crippen molar-refractivity contribution in [2.24, 2.45) is 11.8 Å². The second-order valence-electron chi connectivity index (χ2n) is 5.13. The molecule has 1 aliphatic rings. The Morgan fingerprint density at radius 3 is 2.67 bits per heavy atom. The second kappa shape index (κ2) is 5.70. The Kier molecular flexibility index (Phi) is 4.23. The van der Waals surface area contributed by atoms with Gasteiger partial charge in [-0.1, -0.05) is 19.9 Å². The molecule has 1 fully saturated rings. The van der Waals surface area contributed by atoms with E-state index in [1.807, 2.05) is 6.07 Å². The first-order valence-corrected chi connectivity index (χ1v) is 6.74. The van der Waals surface area contributed by atoms with Gasteiger partial charge in [-0.25, -0.2) is 4.39 Å². The molecule has 1 saturated carbocycles. The van der Waals surface area contributed by atoms with E-state index in [9.17, 15) is 4.39 Å². The van der Waals surface area contributed by atoms with Crippen molar-refractivity contribution in [3.05, 3.63) is 29.6 Å². The summed E-state index contributed by atoms with van der Waals surface area (Å²) in [4.78, 5) is 0. The van der Waals surface area contributed by atoms with Crippen LogP contribution in [-0.4, -0.2) is 13.7 Å². The van der Waals surface area contributed by atoms with Gasteiger partial charge in [-0.2, -0.15) is 0 Å². The summed E-state index contributed by atoms with van der Waals surface area (Å²) in [5, 5.41) is 3.48. The lowest BCUT2D eigenvalue weighted by Gasteiger charge is -2.25. The molecular formula is C15H22FNO. The first-order chi connectivity index (χ1) is 8.67. The highest BCUT2D eigenvalue weighted by Gasteiger charge is 2.33. The third-order valence-electron chi connectivity index (χ3n) is 3.85. The van der Waals surface area contributed by atoms with Crippen LogP contribution >= 0.6 is 0 Å². The first-order valence-electron chi connectivity index (χ1n) is 6.74. The summed E-state index contributed by atoms with van der Waals surface area (Å²) < 4.78 is 18.7. The third-order valence-corrected chi connectivity index (χ3v) is 3.85. The Morgan fingerprint density at radius 2 is 2.17 bits per heavy atom. The number of halogens is 1. The minimum absolute atomic E-state index is 0.239. The molecule has 0 amide bonds. The van der Waals surface area contributed by atoms with Crippen molar-refractivity contribution in [1.29, 1.82) is 0 Å². The molecule has 3 heteroatoms. The van der Waals surface area contributed by atoms with Crippen LogP contribution in [0, 0.1) is 17.7 Å². The second-order valence-corrected chi connectivity index (χ2v) is 5.13. The van der Waals surface area contributed by atoms with Crippen LogP contribution < -0.4 is 10.1 Å². The number of benzene rings is 1. The van der Waals surface area contributed by atoms with E-state index in [4.69, 9.17) is 4.74 Å². The summed E-state index contributed by atoms with van der Waals surface area (Å²) in [6, 6.07) is 5.52. The van der Waals surface area contributed by atoms with Gasteiger partial charge in [-0.3, -0.25) is 0 Å². The number of ether oxygens (including phenoxy) is 1. The molecule has 0 bridgehead atoms. The highest BCUT2D eigenvalue weighted by atomic mass is 19.1. The fraction of sp³-hybridized carbons (Fsp3) is 0.600. The van der Waals surface area contributed by atoms with E-state index in [0.29, 0.717) is 11.7 Å². The van der Waals surface area contributed by atoms with Crippen molar-refractivity contribution in [2.75, 3.05) is 13.7 Å².